The number of amides is 3. The molecular formula is C46H56FN13O5. The second kappa shape index (κ2) is 18.0. The van der Waals surface area contributed by atoms with Crippen molar-refractivity contribution in [2.24, 2.45) is 5.92 Å². The summed E-state index contributed by atoms with van der Waals surface area (Å²) in [6.07, 6.45) is 12.9. The van der Waals surface area contributed by atoms with Crippen molar-refractivity contribution in [2.45, 2.75) is 108 Å². The number of fused-ring (bicyclic) bond motifs is 1. The first kappa shape index (κ1) is 42.7. The lowest BCUT2D eigenvalue weighted by Gasteiger charge is -2.39. The number of piperidine rings is 2. The highest BCUT2D eigenvalue weighted by Gasteiger charge is 2.37. The number of ether oxygens (including phenoxy) is 1. The highest BCUT2D eigenvalue weighted by molar-refractivity contribution is 6.02. The van der Waals surface area contributed by atoms with E-state index in [2.05, 4.69) is 35.6 Å². The molecule has 3 saturated heterocycles. The summed E-state index contributed by atoms with van der Waals surface area (Å²) in [4.78, 5) is 61.8. The molecule has 4 N–H and O–H groups in total. The summed E-state index contributed by atoms with van der Waals surface area (Å²) in [5.41, 5.74) is 10.9. The van der Waals surface area contributed by atoms with Crippen LogP contribution in [0.15, 0.2) is 41.4 Å². The number of likely N-dealkylation sites (tertiary alicyclic amines) is 1. The summed E-state index contributed by atoms with van der Waals surface area (Å²) in [6.45, 7) is 9.40. The molecule has 3 amide bonds. The summed E-state index contributed by atoms with van der Waals surface area (Å²) in [5, 5.41) is 15.4. The third-order valence-electron chi connectivity index (χ3n) is 13.8. The molecule has 5 aliphatic rings. The van der Waals surface area contributed by atoms with Crippen molar-refractivity contribution in [1.29, 1.82) is 0 Å². The van der Waals surface area contributed by atoms with Gasteiger partial charge in [0.25, 0.3) is 0 Å². The number of hydrogen-bond donors (Lipinski definition) is 3. The third kappa shape index (κ3) is 8.94. The lowest BCUT2D eigenvalue weighted by molar-refractivity contribution is -0.133. The van der Waals surface area contributed by atoms with Crippen LogP contribution in [-0.4, -0.2) is 121 Å². The van der Waals surface area contributed by atoms with Crippen LogP contribution in [0.4, 0.5) is 26.4 Å². The van der Waals surface area contributed by atoms with E-state index in [0.29, 0.717) is 70.9 Å². The van der Waals surface area contributed by atoms with Gasteiger partial charge in [0.2, 0.25) is 11.8 Å². The minimum absolute atomic E-state index is 0.0309. The number of piperazine rings is 1. The Morgan fingerprint density at radius 2 is 1.68 bits per heavy atom. The molecule has 0 bridgehead atoms. The largest absolute Gasteiger partial charge is 0.446 e. The Bertz CT molecular complexity index is 2550. The van der Waals surface area contributed by atoms with Crippen LogP contribution >= 0.6 is 0 Å². The first-order chi connectivity index (χ1) is 31.6. The number of nitrogens with two attached hydrogens (primary N) is 1. The van der Waals surface area contributed by atoms with Gasteiger partial charge in [-0.3, -0.25) is 19.8 Å². The smallest absolute Gasteiger partial charge is 0.410 e. The molecule has 2 aliphatic carbocycles. The van der Waals surface area contributed by atoms with Crippen LogP contribution in [-0.2, 0) is 14.3 Å². The van der Waals surface area contributed by atoms with Crippen molar-refractivity contribution in [1.82, 2.24) is 50.0 Å². The van der Waals surface area contributed by atoms with Gasteiger partial charge in [-0.1, -0.05) is 5.16 Å². The van der Waals surface area contributed by atoms with Crippen LogP contribution in [0.3, 0.4) is 0 Å². The molecule has 0 spiro atoms. The number of hydrogen-bond acceptors (Lipinski definition) is 15. The first-order valence-electron chi connectivity index (χ1n) is 23.2. The standard InChI is InChI=1S/C46H56FN13O5/c1-26(2)60-44-38(42(48)51-25-52-44)39(55-60)40-37(41(65-56-40)29-5-6-29)43-49-22-30(23-50-43)28-13-15-59(16-14-28)46(63)64-32-8-3-27(4-9-32)24-57-17-19-58(20-18-57)35-11-7-31(21-33(35)47)53-34-10-12-36(61)54-45(34)62/h7,11,21-23,25-29,32,34,53H,3-6,8-10,12-20,24H2,1-2H3,(H2,48,51,52)(H,54,61,62)/t27?,32?,34-/m1/s1. The second-order valence-corrected chi connectivity index (χ2v) is 18.6. The molecule has 10 rings (SSSR count). The predicted molar refractivity (Wildman–Crippen MR) is 239 cm³/mol. The Morgan fingerprint density at radius 3 is 2.37 bits per heavy atom. The summed E-state index contributed by atoms with van der Waals surface area (Å²) in [5.74, 6) is 1.60. The molecule has 0 radical (unpaired) electrons. The highest BCUT2D eigenvalue weighted by Crippen LogP contribution is 2.48. The fraction of sp³-hybridized carbons (Fsp3) is 0.543. The number of nitrogens with one attached hydrogen (secondary N) is 2. The van der Waals surface area contributed by atoms with E-state index in [9.17, 15) is 14.4 Å². The Balaban J connectivity index is 0.679. The van der Waals surface area contributed by atoms with Crippen LogP contribution in [0, 0.1) is 11.7 Å². The zero-order valence-electron chi connectivity index (χ0n) is 36.9. The Morgan fingerprint density at radius 1 is 0.923 bits per heavy atom. The van der Waals surface area contributed by atoms with Gasteiger partial charge in [0.15, 0.2) is 17.2 Å². The van der Waals surface area contributed by atoms with E-state index in [1.165, 1.54) is 12.4 Å². The number of carbonyl (C=O) groups is 3. The molecule has 1 atom stereocenters. The number of imide groups is 1. The van der Waals surface area contributed by atoms with Crippen LogP contribution < -0.4 is 21.3 Å². The number of nitrogen functional groups attached to an aromatic ring is 1. The van der Waals surface area contributed by atoms with Crippen LogP contribution in [0.5, 0.6) is 0 Å². The molecule has 2 saturated carbocycles. The summed E-state index contributed by atoms with van der Waals surface area (Å²) in [6, 6.07) is 4.45. The SMILES string of the molecule is CC(C)n1nc(-c2noc(C3CC3)c2-c2ncc(C3CCN(C(=O)OC4CCC(CN5CCN(c6ccc(N[C@@H]7CCC(=O)NC7=O)cc6F)CC5)CC4)CC3)cn2)c2c(N)ncnc21. The number of aromatic nitrogens is 7. The summed E-state index contributed by atoms with van der Waals surface area (Å²) < 4.78 is 29.1. The molecule has 65 heavy (non-hydrogen) atoms. The second-order valence-electron chi connectivity index (χ2n) is 18.6. The molecule has 5 fully saturated rings. The van der Waals surface area contributed by atoms with E-state index in [1.54, 1.807) is 12.1 Å². The number of carbonyl (C=O) groups excluding carboxylic acids is 3. The van der Waals surface area contributed by atoms with Crippen LogP contribution in [0.2, 0.25) is 0 Å². The van der Waals surface area contributed by atoms with Gasteiger partial charge in [0.1, 0.15) is 41.5 Å². The number of halogens is 1. The minimum Gasteiger partial charge on any atom is -0.446 e. The van der Waals surface area contributed by atoms with Crippen LogP contribution in [0.1, 0.15) is 107 Å². The van der Waals surface area contributed by atoms with E-state index in [4.69, 9.17) is 30.1 Å². The Kier molecular flexibility index (Phi) is 11.8. The van der Waals surface area contributed by atoms with E-state index in [0.717, 1.165) is 101 Å². The molecule has 7 heterocycles. The molecule has 1 aromatic carbocycles. The van der Waals surface area contributed by atoms with Gasteiger partial charge in [0, 0.05) is 82.3 Å². The Labute approximate surface area is 375 Å². The average molecular weight is 890 g/mol. The fourth-order valence-corrected chi connectivity index (χ4v) is 9.97. The summed E-state index contributed by atoms with van der Waals surface area (Å²) in [7, 11) is 0. The molecule has 4 aromatic heterocycles. The van der Waals surface area contributed by atoms with Crippen molar-refractivity contribution in [3.05, 3.63) is 54.1 Å². The predicted octanol–water partition coefficient (Wildman–Crippen LogP) is 6.03. The number of nitrogens with zero attached hydrogens (tertiary/aromatic N) is 10. The zero-order valence-corrected chi connectivity index (χ0v) is 36.9. The normalized spacial score (nSPS) is 22.4. The molecule has 5 aromatic rings. The van der Waals surface area contributed by atoms with Gasteiger partial charge < -0.3 is 30.1 Å². The molecule has 0 unspecified atom stereocenters. The van der Waals surface area contributed by atoms with Crippen molar-refractivity contribution >= 4 is 46.1 Å². The number of benzene rings is 1. The first-order valence-corrected chi connectivity index (χ1v) is 23.2. The van der Waals surface area contributed by atoms with E-state index in [-0.39, 0.29) is 54.1 Å². The molecule has 3 aliphatic heterocycles. The lowest BCUT2D eigenvalue weighted by atomic mass is 9.87. The topological polar surface area (TPSA) is 216 Å². The Hall–Kier alpha value is -6.24. The molecule has 342 valence electrons. The summed E-state index contributed by atoms with van der Waals surface area (Å²) >= 11 is 0. The monoisotopic (exact) mass is 889 g/mol. The van der Waals surface area contributed by atoms with Crippen LogP contribution in [0.25, 0.3) is 33.8 Å². The fourth-order valence-electron chi connectivity index (χ4n) is 9.97. The van der Waals surface area contributed by atoms with Crippen molar-refractivity contribution < 1.29 is 28.0 Å². The quantitative estimate of drug-likeness (QED) is 0.129. The van der Waals surface area contributed by atoms with Crippen molar-refractivity contribution in [3.8, 4) is 22.8 Å². The maximum Gasteiger partial charge on any atom is 0.410 e. The molecule has 19 heteroatoms. The third-order valence-corrected chi connectivity index (χ3v) is 13.8. The van der Waals surface area contributed by atoms with E-state index in [1.807, 2.05) is 35.8 Å². The highest BCUT2D eigenvalue weighted by atomic mass is 19.1. The van der Waals surface area contributed by atoms with E-state index < -0.39 is 6.04 Å². The number of rotatable bonds is 11. The van der Waals surface area contributed by atoms with Gasteiger partial charge in [-0.25, -0.2) is 33.8 Å². The average Bonchev–Trinajstić information content (AvgIpc) is 3.93. The number of anilines is 3. The molecule has 18 nitrogen and oxygen atoms in total. The maximum atomic E-state index is 15.2. The van der Waals surface area contributed by atoms with Crippen molar-refractivity contribution in [2.75, 3.05) is 61.8 Å². The van der Waals surface area contributed by atoms with Gasteiger partial charge >= 0.3 is 6.09 Å². The van der Waals surface area contributed by atoms with E-state index >= 15 is 4.39 Å². The molecular weight excluding hydrogens is 834 g/mol. The minimum atomic E-state index is -0.558. The lowest BCUT2D eigenvalue weighted by Crippen LogP contribution is -2.48. The van der Waals surface area contributed by atoms with Gasteiger partial charge in [-0.15, -0.1) is 0 Å². The van der Waals surface area contributed by atoms with Gasteiger partial charge in [-0.2, -0.15) is 5.10 Å². The van der Waals surface area contributed by atoms with Crippen molar-refractivity contribution in [3.63, 3.8) is 0 Å². The van der Waals surface area contributed by atoms with Gasteiger partial charge in [-0.05, 0) is 107 Å². The zero-order chi connectivity index (χ0) is 44.8. The maximum absolute atomic E-state index is 15.2. The van der Waals surface area contributed by atoms with Gasteiger partial charge in [0.05, 0.1) is 16.6 Å².